The Labute approximate surface area is 197 Å². The fourth-order valence-corrected chi connectivity index (χ4v) is 3.47. The van der Waals surface area contributed by atoms with E-state index in [-0.39, 0.29) is 36.1 Å². The van der Waals surface area contributed by atoms with Gasteiger partial charge in [0.25, 0.3) is 0 Å². The molecule has 0 saturated heterocycles. The van der Waals surface area contributed by atoms with Crippen LogP contribution in [0.2, 0.25) is 0 Å². The number of carboxylic acids is 1. The van der Waals surface area contributed by atoms with Crippen molar-refractivity contribution < 1.29 is 39.5 Å². The summed E-state index contributed by atoms with van der Waals surface area (Å²) < 4.78 is 0. The molecule has 0 aromatic heterocycles. The summed E-state index contributed by atoms with van der Waals surface area (Å²) in [4.78, 5) is 13.0. The van der Waals surface area contributed by atoms with E-state index >= 15 is 0 Å². The molecule has 4 heteroatoms. The van der Waals surface area contributed by atoms with Crippen molar-refractivity contribution in [3.8, 4) is 0 Å². The summed E-state index contributed by atoms with van der Waals surface area (Å²) in [5.41, 5.74) is 0. The molecule has 0 unspecified atom stereocenters. The molecule has 0 atom stereocenters. The quantitative estimate of drug-likeness (QED) is 0.159. The van der Waals surface area contributed by atoms with E-state index in [0.717, 1.165) is 38.8 Å². The van der Waals surface area contributed by atoms with Crippen LogP contribution >= 0.6 is 0 Å². The Kier molecular flexibility index (Phi) is 26.8. The van der Waals surface area contributed by atoms with Crippen molar-refractivity contribution in [2.24, 2.45) is 0 Å². The molecule has 0 aliphatic heterocycles. The van der Waals surface area contributed by atoms with Gasteiger partial charge in [0.2, 0.25) is 0 Å². The van der Waals surface area contributed by atoms with Gasteiger partial charge in [0, 0.05) is 6.54 Å². The number of nitrogens with zero attached hydrogens (tertiary/aromatic N) is 1. The zero-order chi connectivity index (χ0) is 20.0. The maximum atomic E-state index is 11.0. The van der Waals surface area contributed by atoms with Crippen molar-refractivity contribution in [2.75, 3.05) is 19.6 Å². The van der Waals surface area contributed by atoms with Crippen LogP contribution in [0, 0.1) is 0 Å². The Morgan fingerprint density at radius 2 is 0.964 bits per heavy atom. The van der Waals surface area contributed by atoms with Gasteiger partial charge in [0.1, 0.15) is 0 Å². The molecular formula is C24H44NNaO2. The van der Waals surface area contributed by atoms with Crippen LogP contribution in [0.4, 0.5) is 0 Å². The second-order valence-electron chi connectivity index (χ2n) is 7.75. The van der Waals surface area contributed by atoms with Gasteiger partial charge in [-0.25, -0.2) is 0 Å². The van der Waals surface area contributed by atoms with Crippen LogP contribution in [-0.2, 0) is 4.79 Å². The minimum Gasteiger partial charge on any atom is -0.549 e. The minimum atomic E-state index is -0.945. The second kappa shape index (κ2) is 24.9. The van der Waals surface area contributed by atoms with E-state index in [1.165, 1.54) is 77.0 Å². The Morgan fingerprint density at radius 3 is 1.29 bits per heavy atom. The molecule has 0 saturated carbocycles. The first kappa shape index (κ1) is 30.1. The van der Waals surface area contributed by atoms with Gasteiger partial charge in [-0.15, -0.1) is 13.2 Å². The number of hydrogen-bond acceptors (Lipinski definition) is 3. The Morgan fingerprint density at radius 1 is 0.643 bits per heavy atom. The van der Waals surface area contributed by atoms with E-state index in [1.54, 1.807) is 0 Å². The van der Waals surface area contributed by atoms with Crippen molar-refractivity contribution >= 4 is 5.97 Å². The molecular weight excluding hydrogens is 357 g/mol. The Hall–Kier alpha value is -0.0900. The zero-order valence-electron chi connectivity index (χ0n) is 18.8. The summed E-state index contributed by atoms with van der Waals surface area (Å²) in [6.45, 7) is 9.38. The number of unbranched alkanes of at least 4 members (excludes halogenated alkanes) is 14. The van der Waals surface area contributed by atoms with Crippen molar-refractivity contribution in [1.82, 2.24) is 4.90 Å². The van der Waals surface area contributed by atoms with Gasteiger partial charge in [-0.2, -0.15) is 0 Å². The third kappa shape index (κ3) is 23.9. The van der Waals surface area contributed by atoms with Gasteiger partial charge >= 0.3 is 29.6 Å². The van der Waals surface area contributed by atoms with Crippen molar-refractivity contribution in [1.29, 1.82) is 0 Å². The first-order valence-electron chi connectivity index (χ1n) is 11.3. The summed E-state index contributed by atoms with van der Waals surface area (Å²) >= 11 is 0. The number of carbonyl (C=O) groups is 1. The van der Waals surface area contributed by atoms with Crippen LogP contribution in [0.15, 0.2) is 25.3 Å². The summed E-state index contributed by atoms with van der Waals surface area (Å²) in [6.07, 6.45) is 23.7. The minimum absolute atomic E-state index is 0. The second-order valence-corrected chi connectivity index (χ2v) is 7.75. The molecule has 0 rings (SSSR count). The number of carbonyl (C=O) groups excluding carboxylic acids is 1. The fourth-order valence-electron chi connectivity index (χ4n) is 3.47. The predicted molar refractivity (Wildman–Crippen MR) is 116 cm³/mol. The monoisotopic (exact) mass is 401 g/mol. The topological polar surface area (TPSA) is 43.4 Å². The van der Waals surface area contributed by atoms with Crippen LogP contribution in [0.3, 0.4) is 0 Å². The van der Waals surface area contributed by atoms with E-state index in [1.807, 2.05) is 12.2 Å². The molecule has 0 fully saturated rings. The molecule has 0 spiro atoms. The molecule has 28 heavy (non-hydrogen) atoms. The summed E-state index contributed by atoms with van der Waals surface area (Å²) in [6, 6.07) is 0. The number of rotatable bonds is 22. The van der Waals surface area contributed by atoms with Gasteiger partial charge in [0.05, 0.1) is 5.97 Å². The largest absolute Gasteiger partial charge is 1.00 e. The van der Waals surface area contributed by atoms with Gasteiger partial charge in [-0.1, -0.05) is 76.4 Å². The smallest absolute Gasteiger partial charge is 0.549 e. The molecule has 0 amide bonds. The third-order valence-electron chi connectivity index (χ3n) is 5.12. The normalized spacial score (nSPS) is 10.6. The number of allylic oxidation sites excluding steroid dienone is 2. The summed E-state index contributed by atoms with van der Waals surface area (Å²) in [5, 5.41) is 11.0. The molecule has 0 aliphatic carbocycles. The van der Waals surface area contributed by atoms with Gasteiger partial charge in [-0.05, 0) is 51.6 Å². The first-order valence-corrected chi connectivity index (χ1v) is 11.3. The van der Waals surface area contributed by atoms with Crippen LogP contribution in [0.1, 0.15) is 103 Å². The summed E-state index contributed by atoms with van der Waals surface area (Å²) in [7, 11) is 0. The van der Waals surface area contributed by atoms with Crippen molar-refractivity contribution in [2.45, 2.75) is 103 Å². The van der Waals surface area contributed by atoms with Gasteiger partial charge < -0.3 is 9.90 Å². The molecule has 3 nitrogen and oxygen atoms in total. The average molecular weight is 402 g/mol. The molecule has 0 radical (unpaired) electrons. The molecule has 0 aromatic rings. The number of aliphatic carboxylic acids is 1. The number of hydrogen-bond donors (Lipinski definition) is 0. The molecule has 0 N–H and O–H groups in total. The van der Waals surface area contributed by atoms with E-state index in [2.05, 4.69) is 18.1 Å². The van der Waals surface area contributed by atoms with E-state index in [4.69, 9.17) is 0 Å². The van der Waals surface area contributed by atoms with Crippen LogP contribution in [0.25, 0.3) is 0 Å². The predicted octanol–water partition coefficient (Wildman–Crippen LogP) is 2.66. The van der Waals surface area contributed by atoms with E-state index in [9.17, 15) is 9.90 Å². The SMILES string of the molecule is C=CCCCCCCCCCN(CCCCCCCCCC=C)CC(=O)[O-].[Na+]. The maximum Gasteiger partial charge on any atom is 1.00 e. The maximum absolute atomic E-state index is 11.0. The van der Waals surface area contributed by atoms with Crippen LogP contribution in [0.5, 0.6) is 0 Å². The zero-order valence-corrected chi connectivity index (χ0v) is 20.8. The van der Waals surface area contributed by atoms with Gasteiger partial charge in [-0.3, -0.25) is 4.90 Å². The molecule has 0 aromatic carbocycles. The molecule has 0 heterocycles. The average Bonchev–Trinajstić information content (AvgIpc) is 2.64. The molecule has 158 valence electrons. The molecule has 0 bridgehead atoms. The standard InChI is InChI=1S/C24H45NO2.Na/c1-3-5-7-9-11-13-15-17-19-21-25(23-24(26)27)22-20-18-16-14-12-10-8-6-4-2;/h3-4H,1-2,5-23H2,(H,26,27);/q;+1/p-1. The van der Waals surface area contributed by atoms with Gasteiger partial charge in [0.15, 0.2) is 0 Å². The van der Waals surface area contributed by atoms with Crippen LogP contribution in [-0.4, -0.2) is 30.5 Å². The Bertz CT molecular complexity index is 335. The van der Waals surface area contributed by atoms with Crippen LogP contribution < -0.4 is 34.7 Å². The fraction of sp³-hybridized carbons (Fsp3) is 0.792. The third-order valence-corrected chi connectivity index (χ3v) is 5.12. The Balaban J connectivity index is 0. The van der Waals surface area contributed by atoms with Crippen molar-refractivity contribution in [3.05, 3.63) is 25.3 Å². The number of carboxylic acid groups (broad SMARTS) is 1. The summed E-state index contributed by atoms with van der Waals surface area (Å²) in [5.74, 6) is -0.945. The van der Waals surface area contributed by atoms with E-state index in [0.29, 0.717) is 0 Å². The first-order chi connectivity index (χ1) is 13.2. The molecule has 0 aliphatic rings. The van der Waals surface area contributed by atoms with E-state index < -0.39 is 5.97 Å². The van der Waals surface area contributed by atoms with Crippen molar-refractivity contribution in [3.63, 3.8) is 0 Å².